The number of rotatable bonds is 4. The lowest BCUT2D eigenvalue weighted by atomic mass is 10.1. The largest absolute Gasteiger partial charge is 0.368 e. The van der Waals surface area contributed by atoms with E-state index in [1.54, 1.807) is 0 Å². The summed E-state index contributed by atoms with van der Waals surface area (Å²) in [6.07, 6.45) is 2.72. The summed E-state index contributed by atoms with van der Waals surface area (Å²) in [5, 5.41) is 2.94. The molecule has 102 valence electrons. The van der Waals surface area contributed by atoms with E-state index in [-0.39, 0.29) is 5.91 Å². The highest BCUT2D eigenvalue weighted by molar-refractivity contribution is 5.99. The molecule has 0 aromatic heterocycles. The fourth-order valence-electron chi connectivity index (χ4n) is 2.73. The van der Waals surface area contributed by atoms with Crippen LogP contribution in [-0.4, -0.2) is 39.1 Å². The molecule has 1 N–H and O–H groups in total. The maximum atomic E-state index is 12.1. The smallest absolute Gasteiger partial charge is 0.241 e. The zero-order valence-electron chi connectivity index (χ0n) is 11.4. The lowest BCUT2D eigenvalue weighted by molar-refractivity contribution is -0.117. The number of carbonyl (C=O) groups excluding carboxylic acids is 1. The SMILES string of the molecule is CNCC(=O)N1CCN(CC2CC2)c2ccccc21. The van der Waals surface area contributed by atoms with E-state index in [4.69, 9.17) is 0 Å². The van der Waals surface area contributed by atoms with Crippen LogP contribution in [-0.2, 0) is 4.79 Å². The minimum absolute atomic E-state index is 0.154. The summed E-state index contributed by atoms with van der Waals surface area (Å²) in [6.45, 7) is 3.29. The minimum Gasteiger partial charge on any atom is -0.368 e. The third kappa shape index (κ3) is 2.59. The highest BCUT2D eigenvalue weighted by Crippen LogP contribution is 2.37. The number of nitrogens with one attached hydrogen (secondary N) is 1. The van der Waals surface area contributed by atoms with Gasteiger partial charge >= 0.3 is 0 Å². The molecule has 1 aliphatic carbocycles. The Bertz CT molecular complexity index is 470. The molecule has 0 radical (unpaired) electrons. The number of fused-ring (bicyclic) bond motifs is 1. The quantitative estimate of drug-likeness (QED) is 0.889. The number of amides is 1. The third-order valence-electron chi connectivity index (χ3n) is 3.91. The first-order valence-corrected chi connectivity index (χ1v) is 7.08. The zero-order valence-corrected chi connectivity index (χ0v) is 11.4. The van der Waals surface area contributed by atoms with Gasteiger partial charge in [0.05, 0.1) is 17.9 Å². The number of carbonyl (C=O) groups is 1. The van der Waals surface area contributed by atoms with E-state index in [1.807, 2.05) is 18.0 Å². The summed E-state index contributed by atoms with van der Waals surface area (Å²) in [5.41, 5.74) is 2.28. The molecule has 3 rings (SSSR count). The van der Waals surface area contributed by atoms with Gasteiger partial charge in [0.25, 0.3) is 0 Å². The van der Waals surface area contributed by atoms with Crippen molar-refractivity contribution in [1.82, 2.24) is 5.32 Å². The first-order chi connectivity index (χ1) is 9.29. The van der Waals surface area contributed by atoms with Crippen LogP contribution >= 0.6 is 0 Å². The van der Waals surface area contributed by atoms with Crippen molar-refractivity contribution in [2.24, 2.45) is 5.92 Å². The molecular weight excluding hydrogens is 238 g/mol. The molecule has 1 saturated carbocycles. The van der Waals surface area contributed by atoms with E-state index in [1.165, 1.54) is 18.5 Å². The number of para-hydroxylation sites is 2. The average molecular weight is 259 g/mol. The number of likely N-dealkylation sites (N-methyl/N-ethyl adjacent to an activating group) is 1. The van der Waals surface area contributed by atoms with E-state index < -0.39 is 0 Å². The number of hydrogen-bond donors (Lipinski definition) is 1. The van der Waals surface area contributed by atoms with Crippen LogP contribution < -0.4 is 15.1 Å². The monoisotopic (exact) mass is 259 g/mol. The van der Waals surface area contributed by atoms with E-state index in [2.05, 4.69) is 28.4 Å². The van der Waals surface area contributed by atoms with Crippen molar-refractivity contribution >= 4 is 17.3 Å². The molecule has 0 saturated heterocycles. The van der Waals surface area contributed by atoms with Crippen molar-refractivity contribution in [2.75, 3.05) is 43.0 Å². The summed E-state index contributed by atoms with van der Waals surface area (Å²) < 4.78 is 0. The molecule has 0 atom stereocenters. The zero-order chi connectivity index (χ0) is 13.2. The van der Waals surface area contributed by atoms with Crippen LogP contribution in [0.4, 0.5) is 11.4 Å². The van der Waals surface area contributed by atoms with Crippen LogP contribution in [0.25, 0.3) is 0 Å². The van der Waals surface area contributed by atoms with Gasteiger partial charge < -0.3 is 15.1 Å². The minimum atomic E-state index is 0.154. The molecular formula is C15H21N3O. The Hall–Kier alpha value is -1.55. The molecule has 1 heterocycles. The molecule has 0 spiro atoms. The number of hydrogen-bond acceptors (Lipinski definition) is 3. The second-order valence-electron chi connectivity index (χ2n) is 5.45. The maximum absolute atomic E-state index is 12.1. The van der Waals surface area contributed by atoms with Gasteiger partial charge in [-0.15, -0.1) is 0 Å². The van der Waals surface area contributed by atoms with Gasteiger partial charge in [-0.1, -0.05) is 12.1 Å². The van der Waals surface area contributed by atoms with Gasteiger partial charge in [0.1, 0.15) is 0 Å². The Balaban J connectivity index is 1.84. The van der Waals surface area contributed by atoms with E-state index in [9.17, 15) is 4.79 Å². The highest BCUT2D eigenvalue weighted by atomic mass is 16.2. The molecule has 4 nitrogen and oxygen atoms in total. The third-order valence-corrected chi connectivity index (χ3v) is 3.91. The molecule has 1 aromatic carbocycles. The van der Waals surface area contributed by atoms with Crippen molar-refractivity contribution in [3.05, 3.63) is 24.3 Å². The number of anilines is 2. The predicted octanol–water partition coefficient (Wildman–Crippen LogP) is 1.47. The summed E-state index contributed by atoms with van der Waals surface area (Å²) in [6, 6.07) is 8.27. The van der Waals surface area contributed by atoms with Gasteiger partial charge in [0, 0.05) is 19.6 Å². The molecule has 0 bridgehead atoms. The fraction of sp³-hybridized carbons (Fsp3) is 0.533. The Morgan fingerprint density at radius 3 is 2.68 bits per heavy atom. The molecule has 4 heteroatoms. The van der Waals surface area contributed by atoms with E-state index >= 15 is 0 Å². The Labute approximate surface area is 114 Å². The standard InChI is InChI=1S/C15H21N3O/c1-16-10-15(19)18-9-8-17(11-12-6-7-12)13-4-2-3-5-14(13)18/h2-5,12,16H,6-11H2,1H3. The second kappa shape index (κ2) is 5.21. The van der Waals surface area contributed by atoms with Gasteiger partial charge in [0.2, 0.25) is 5.91 Å². The van der Waals surface area contributed by atoms with Crippen molar-refractivity contribution in [3.63, 3.8) is 0 Å². The molecule has 0 unspecified atom stereocenters. The Morgan fingerprint density at radius 1 is 1.26 bits per heavy atom. The fourth-order valence-corrected chi connectivity index (χ4v) is 2.73. The first kappa shape index (κ1) is 12.5. The van der Waals surface area contributed by atoms with Crippen molar-refractivity contribution in [1.29, 1.82) is 0 Å². The molecule has 2 aliphatic rings. The van der Waals surface area contributed by atoms with Crippen LogP contribution in [0.15, 0.2) is 24.3 Å². The maximum Gasteiger partial charge on any atom is 0.241 e. The van der Waals surface area contributed by atoms with Crippen molar-refractivity contribution in [3.8, 4) is 0 Å². The number of benzene rings is 1. The van der Waals surface area contributed by atoms with E-state index in [0.29, 0.717) is 6.54 Å². The average Bonchev–Trinajstić information content (AvgIpc) is 3.23. The first-order valence-electron chi connectivity index (χ1n) is 7.08. The topological polar surface area (TPSA) is 35.6 Å². The molecule has 1 amide bonds. The normalized spacial score (nSPS) is 18.4. The Kier molecular flexibility index (Phi) is 3.42. The van der Waals surface area contributed by atoms with E-state index in [0.717, 1.165) is 31.2 Å². The predicted molar refractivity (Wildman–Crippen MR) is 77.7 cm³/mol. The van der Waals surface area contributed by atoms with Crippen LogP contribution in [0.1, 0.15) is 12.8 Å². The summed E-state index contributed by atoms with van der Waals surface area (Å²) in [4.78, 5) is 16.5. The molecule has 1 aliphatic heterocycles. The van der Waals surface area contributed by atoms with Gasteiger partial charge in [-0.3, -0.25) is 4.79 Å². The second-order valence-corrected chi connectivity index (χ2v) is 5.45. The van der Waals surface area contributed by atoms with Crippen LogP contribution in [0.2, 0.25) is 0 Å². The highest BCUT2D eigenvalue weighted by Gasteiger charge is 2.30. The lowest BCUT2D eigenvalue weighted by Gasteiger charge is -2.38. The van der Waals surface area contributed by atoms with Gasteiger partial charge in [-0.25, -0.2) is 0 Å². The van der Waals surface area contributed by atoms with Gasteiger partial charge in [0.15, 0.2) is 0 Å². The lowest BCUT2D eigenvalue weighted by Crippen LogP contribution is -2.47. The van der Waals surface area contributed by atoms with Crippen LogP contribution in [0, 0.1) is 5.92 Å². The van der Waals surface area contributed by atoms with Crippen molar-refractivity contribution in [2.45, 2.75) is 12.8 Å². The van der Waals surface area contributed by atoms with Crippen molar-refractivity contribution < 1.29 is 4.79 Å². The molecule has 1 aromatic rings. The number of nitrogens with zero attached hydrogens (tertiary/aromatic N) is 2. The van der Waals surface area contributed by atoms with Crippen LogP contribution in [0.3, 0.4) is 0 Å². The summed E-state index contributed by atoms with van der Waals surface area (Å²) in [7, 11) is 1.81. The molecule has 1 fully saturated rings. The summed E-state index contributed by atoms with van der Waals surface area (Å²) >= 11 is 0. The Morgan fingerprint density at radius 2 is 2.00 bits per heavy atom. The van der Waals surface area contributed by atoms with Gasteiger partial charge in [-0.2, -0.15) is 0 Å². The summed E-state index contributed by atoms with van der Waals surface area (Å²) in [5.74, 6) is 1.02. The molecule has 19 heavy (non-hydrogen) atoms. The van der Waals surface area contributed by atoms with Gasteiger partial charge in [-0.05, 0) is 37.9 Å². The van der Waals surface area contributed by atoms with Crippen LogP contribution in [0.5, 0.6) is 0 Å².